The van der Waals surface area contributed by atoms with Gasteiger partial charge >= 0.3 is 0 Å². The van der Waals surface area contributed by atoms with Crippen molar-refractivity contribution in [2.75, 3.05) is 31.2 Å². The predicted octanol–water partition coefficient (Wildman–Crippen LogP) is 1.78. The van der Waals surface area contributed by atoms with Gasteiger partial charge in [-0.3, -0.25) is 4.79 Å². The molecule has 3 rings (SSSR count). The summed E-state index contributed by atoms with van der Waals surface area (Å²) in [6, 6.07) is 4.39. The molecule has 1 aromatic rings. The van der Waals surface area contributed by atoms with Crippen molar-refractivity contribution in [3.63, 3.8) is 0 Å². The van der Waals surface area contributed by atoms with E-state index < -0.39 is 9.84 Å². The molecule has 1 aliphatic heterocycles. The molecule has 5 nitrogen and oxygen atoms in total. The number of hydrogen-bond donors (Lipinski definition) is 2. The van der Waals surface area contributed by atoms with Crippen molar-refractivity contribution in [3.8, 4) is 0 Å². The molecule has 1 saturated heterocycles. The van der Waals surface area contributed by atoms with Crippen LogP contribution in [0.3, 0.4) is 0 Å². The highest BCUT2D eigenvalue weighted by atomic mass is 35.5. The van der Waals surface area contributed by atoms with Crippen LogP contribution in [0.5, 0.6) is 0 Å². The number of likely N-dealkylation sites (tertiary alicyclic amines) is 1. The first-order valence-corrected chi connectivity index (χ1v) is 11.2. The summed E-state index contributed by atoms with van der Waals surface area (Å²) in [7, 11) is -3.33. The molecule has 0 aromatic heterocycles. The number of quaternary nitrogens is 1. The maximum atomic E-state index is 12.4. The van der Waals surface area contributed by atoms with Gasteiger partial charge in [0.25, 0.3) is 5.91 Å². The molecule has 1 unspecified atom stereocenters. The molecule has 1 amide bonds. The summed E-state index contributed by atoms with van der Waals surface area (Å²) < 4.78 is 23.3. The fourth-order valence-corrected chi connectivity index (χ4v) is 5.02. The molecular formula is C18H26ClN2O3S+. The Balaban J connectivity index is 1.61. The van der Waals surface area contributed by atoms with E-state index in [9.17, 15) is 13.2 Å². The Morgan fingerprint density at radius 2 is 1.96 bits per heavy atom. The number of rotatable bonds is 4. The van der Waals surface area contributed by atoms with Crippen LogP contribution in [-0.4, -0.2) is 40.2 Å². The van der Waals surface area contributed by atoms with Crippen LogP contribution in [0.4, 0.5) is 5.69 Å². The number of benzene rings is 1. The van der Waals surface area contributed by atoms with Crippen LogP contribution in [0.15, 0.2) is 23.1 Å². The fraction of sp³-hybridized carbons (Fsp3) is 0.611. The van der Waals surface area contributed by atoms with Crippen LogP contribution in [0.1, 0.15) is 32.1 Å². The van der Waals surface area contributed by atoms with Crippen molar-refractivity contribution in [3.05, 3.63) is 23.2 Å². The Hall–Kier alpha value is -1.11. The van der Waals surface area contributed by atoms with E-state index >= 15 is 0 Å². The van der Waals surface area contributed by atoms with E-state index in [0.717, 1.165) is 31.2 Å². The average molecular weight is 386 g/mol. The van der Waals surface area contributed by atoms with E-state index in [-0.39, 0.29) is 10.8 Å². The maximum Gasteiger partial charge on any atom is 0.279 e. The molecular weight excluding hydrogens is 360 g/mol. The summed E-state index contributed by atoms with van der Waals surface area (Å²) in [5.41, 5.74) is 0.363. The summed E-state index contributed by atoms with van der Waals surface area (Å²) >= 11 is 6.11. The molecule has 0 spiro atoms. The topological polar surface area (TPSA) is 67.7 Å². The maximum absolute atomic E-state index is 12.4. The normalized spacial score (nSPS) is 26.7. The third-order valence-corrected chi connectivity index (χ3v) is 6.98. The molecule has 3 atom stereocenters. The molecule has 0 radical (unpaired) electrons. The van der Waals surface area contributed by atoms with Crippen molar-refractivity contribution >= 4 is 33.0 Å². The molecule has 1 heterocycles. The van der Waals surface area contributed by atoms with E-state index in [4.69, 9.17) is 11.6 Å². The zero-order valence-corrected chi connectivity index (χ0v) is 16.1. The fourth-order valence-electron chi connectivity index (χ4n) is 4.21. The second kappa shape index (κ2) is 7.64. The molecule has 0 bridgehead atoms. The Morgan fingerprint density at radius 1 is 1.24 bits per heavy atom. The van der Waals surface area contributed by atoms with Crippen LogP contribution in [-0.2, 0) is 14.6 Å². The number of nitrogens with one attached hydrogen (secondary N) is 2. The number of hydrogen-bond acceptors (Lipinski definition) is 3. The molecule has 138 valence electrons. The van der Waals surface area contributed by atoms with Gasteiger partial charge in [-0.15, -0.1) is 0 Å². The summed E-state index contributed by atoms with van der Waals surface area (Å²) in [5, 5.41) is 3.13. The van der Waals surface area contributed by atoms with Gasteiger partial charge in [-0.2, -0.15) is 0 Å². The Labute approximate surface area is 154 Å². The first-order valence-electron chi connectivity index (χ1n) is 8.96. The number of fused-ring (bicyclic) bond motifs is 1. The highest BCUT2D eigenvalue weighted by molar-refractivity contribution is 7.90. The molecule has 25 heavy (non-hydrogen) atoms. The Bertz CT molecular complexity index is 751. The average Bonchev–Trinajstić information content (AvgIpc) is 2.55. The molecule has 2 aliphatic rings. The minimum atomic E-state index is -3.33. The van der Waals surface area contributed by atoms with Crippen LogP contribution in [0, 0.1) is 11.8 Å². The predicted molar refractivity (Wildman–Crippen MR) is 98.8 cm³/mol. The first kappa shape index (κ1) is 18.7. The third kappa shape index (κ3) is 4.74. The van der Waals surface area contributed by atoms with Crippen LogP contribution in [0.2, 0.25) is 5.02 Å². The van der Waals surface area contributed by atoms with Crippen molar-refractivity contribution in [1.82, 2.24) is 0 Å². The number of carbonyl (C=O) groups is 1. The molecule has 1 saturated carbocycles. The van der Waals surface area contributed by atoms with Crippen molar-refractivity contribution in [2.45, 2.75) is 37.0 Å². The number of halogens is 1. The zero-order valence-electron chi connectivity index (χ0n) is 14.6. The number of piperidine rings is 1. The minimum absolute atomic E-state index is 0.114. The highest BCUT2D eigenvalue weighted by Gasteiger charge is 2.34. The van der Waals surface area contributed by atoms with Gasteiger partial charge < -0.3 is 10.2 Å². The van der Waals surface area contributed by atoms with Crippen molar-refractivity contribution in [2.24, 2.45) is 11.8 Å². The lowest BCUT2D eigenvalue weighted by molar-refractivity contribution is -0.902. The monoisotopic (exact) mass is 385 g/mol. The SMILES string of the molecule is CS(=O)(=O)c1ccc(Cl)c(NC(=O)C[NH+]2CC[C@H]3CCCC[C@@H]3C2)c1. The van der Waals surface area contributed by atoms with Crippen LogP contribution >= 0.6 is 11.6 Å². The van der Waals surface area contributed by atoms with E-state index in [2.05, 4.69) is 5.32 Å². The van der Waals surface area contributed by atoms with E-state index in [0.29, 0.717) is 17.3 Å². The largest absolute Gasteiger partial charge is 0.327 e. The third-order valence-electron chi connectivity index (χ3n) is 5.54. The van der Waals surface area contributed by atoms with E-state index in [1.54, 1.807) is 0 Å². The molecule has 1 aromatic carbocycles. The molecule has 2 N–H and O–H groups in total. The standard InChI is InChI=1S/C18H25ClN2O3S/c1-25(23,24)15-6-7-16(19)17(10-15)20-18(22)12-21-9-8-13-4-2-3-5-14(13)11-21/h6-7,10,13-14H,2-5,8-9,11-12H2,1H3,(H,20,22)/p+1/t13-,14-/m1/s1. The number of carbonyl (C=O) groups excluding carboxylic acids is 1. The summed E-state index contributed by atoms with van der Waals surface area (Å²) in [4.78, 5) is 13.9. The molecule has 2 fully saturated rings. The van der Waals surface area contributed by atoms with E-state index in [1.807, 2.05) is 0 Å². The number of sulfone groups is 1. The van der Waals surface area contributed by atoms with Crippen molar-refractivity contribution < 1.29 is 18.1 Å². The van der Waals surface area contributed by atoms with Crippen LogP contribution in [0.25, 0.3) is 0 Å². The first-order chi connectivity index (χ1) is 11.8. The van der Waals surface area contributed by atoms with Gasteiger partial charge in [0.05, 0.1) is 28.7 Å². The smallest absolute Gasteiger partial charge is 0.279 e. The van der Waals surface area contributed by atoms with Gasteiger partial charge in [-0.05, 0) is 43.4 Å². The molecule has 7 heteroatoms. The zero-order chi connectivity index (χ0) is 18.0. The summed E-state index contributed by atoms with van der Waals surface area (Å²) in [5.74, 6) is 1.49. The molecule has 1 aliphatic carbocycles. The lowest BCUT2D eigenvalue weighted by Crippen LogP contribution is -3.15. The number of anilines is 1. The van der Waals surface area contributed by atoms with Gasteiger partial charge in [0.1, 0.15) is 0 Å². The van der Waals surface area contributed by atoms with E-state index in [1.165, 1.54) is 55.2 Å². The summed E-state index contributed by atoms with van der Waals surface area (Å²) in [6.07, 6.45) is 7.65. The Kier molecular flexibility index (Phi) is 5.71. The van der Waals surface area contributed by atoms with Gasteiger partial charge in [-0.25, -0.2) is 8.42 Å². The lowest BCUT2D eigenvalue weighted by atomic mass is 9.75. The second-order valence-corrected chi connectivity index (χ2v) is 9.86. The minimum Gasteiger partial charge on any atom is -0.327 e. The van der Waals surface area contributed by atoms with Gasteiger partial charge in [-0.1, -0.05) is 24.4 Å². The summed E-state index contributed by atoms with van der Waals surface area (Å²) in [6.45, 7) is 2.50. The van der Waals surface area contributed by atoms with Crippen molar-refractivity contribution in [1.29, 1.82) is 0 Å². The quantitative estimate of drug-likeness (QED) is 0.830. The lowest BCUT2D eigenvalue weighted by Gasteiger charge is -2.38. The van der Waals surface area contributed by atoms with Gasteiger partial charge in [0.15, 0.2) is 16.4 Å². The Morgan fingerprint density at radius 3 is 2.68 bits per heavy atom. The highest BCUT2D eigenvalue weighted by Crippen LogP contribution is 2.32. The van der Waals surface area contributed by atoms with Crippen LogP contribution < -0.4 is 10.2 Å². The second-order valence-electron chi connectivity index (χ2n) is 7.44. The number of amides is 1. The van der Waals surface area contributed by atoms with Gasteiger partial charge in [0, 0.05) is 12.2 Å². The van der Waals surface area contributed by atoms with Gasteiger partial charge in [0.2, 0.25) is 0 Å².